The summed E-state index contributed by atoms with van der Waals surface area (Å²) in [7, 11) is -3.79. The number of benzene rings is 2. The van der Waals surface area contributed by atoms with Gasteiger partial charge in [0, 0.05) is 22.2 Å². The fourth-order valence-corrected chi connectivity index (χ4v) is 5.57. The lowest BCUT2D eigenvalue weighted by atomic mass is 9.95. The van der Waals surface area contributed by atoms with Gasteiger partial charge in [-0.25, -0.2) is 17.5 Å². The highest BCUT2D eigenvalue weighted by atomic mass is 35.5. The van der Waals surface area contributed by atoms with Crippen LogP contribution in [0.25, 0.3) is 0 Å². The zero-order chi connectivity index (χ0) is 25.3. The molecule has 1 atom stereocenters. The molecular formula is C25H29Cl2FN2O4S. The van der Waals surface area contributed by atoms with Gasteiger partial charge in [0.1, 0.15) is 11.6 Å². The number of nitrogens with zero attached hydrogens (tertiary/aromatic N) is 1. The first-order valence-corrected chi connectivity index (χ1v) is 14.3. The van der Waals surface area contributed by atoms with Crippen molar-refractivity contribution in [1.82, 2.24) is 9.62 Å². The van der Waals surface area contributed by atoms with Gasteiger partial charge in [0.25, 0.3) is 5.91 Å². The topological polar surface area (TPSA) is 75.7 Å². The Morgan fingerprint density at radius 1 is 1.17 bits per heavy atom. The Labute approximate surface area is 215 Å². The number of nitrogens with one attached hydrogen (secondary N) is 1. The highest BCUT2D eigenvalue weighted by molar-refractivity contribution is 7.89. The van der Waals surface area contributed by atoms with Crippen LogP contribution in [-0.4, -0.2) is 45.2 Å². The molecule has 1 saturated heterocycles. The first kappa shape index (κ1) is 26.2. The summed E-state index contributed by atoms with van der Waals surface area (Å²) >= 11 is 12.4. The van der Waals surface area contributed by atoms with E-state index in [1.165, 1.54) is 12.1 Å². The van der Waals surface area contributed by atoms with E-state index in [9.17, 15) is 17.6 Å². The molecule has 0 spiro atoms. The summed E-state index contributed by atoms with van der Waals surface area (Å²) in [6, 6.07) is 8.41. The molecule has 35 heavy (non-hydrogen) atoms. The van der Waals surface area contributed by atoms with Crippen molar-refractivity contribution in [3.63, 3.8) is 0 Å². The summed E-state index contributed by atoms with van der Waals surface area (Å²) in [6.07, 6.45) is 4.59. The Hall–Kier alpha value is -1.87. The normalized spacial score (nSPS) is 18.3. The number of sulfonamides is 1. The minimum absolute atomic E-state index is 0.169. The fraction of sp³-hybridized carbons (Fsp3) is 0.480. The molecule has 10 heteroatoms. The molecule has 4 rings (SSSR count). The average molecular weight is 543 g/mol. The molecule has 2 aliphatic rings. The van der Waals surface area contributed by atoms with E-state index in [4.69, 9.17) is 27.9 Å². The van der Waals surface area contributed by atoms with Crippen LogP contribution in [0.5, 0.6) is 5.75 Å². The van der Waals surface area contributed by atoms with Crippen molar-refractivity contribution in [1.29, 1.82) is 0 Å². The van der Waals surface area contributed by atoms with E-state index in [2.05, 4.69) is 11.8 Å². The molecule has 1 unspecified atom stereocenters. The summed E-state index contributed by atoms with van der Waals surface area (Å²) in [5, 5.41) is 1.28. The van der Waals surface area contributed by atoms with Crippen molar-refractivity contribution in [2.75, 3.05) is 26.0 Å². The van der Waals surface area contributed by atoms with Gasteiger partial charge >= 0.3 is 0 Å². The Bertz CT molecular complexity index is 1210. The Kier molecular flexibility index (Phi) is 7.95. The number of likely N-dealkylation sites (tertiary alicyclic amines) is 1. The second kappa shape index (κ2) is 10.6. The standard InChI is InChI=1S/C25H29Cl2FN2O4S/c1-15(19-6-5-18(26)11-22(19)27)30-9-7-16(8-10-30)14-34-24-13-23(28)21(12-20(24)17-3-4-17)25(31)29-35(2,32)33/h5-6,11-13,15-17H,3-4,7-10,14H2,1-2H3,(H,29,31). The summed E-state index contributed by atoms with van der Waals surface area (Å²) in [5.74, 6) is -0.816. The lowest BCUT2D eigenvalue weighted by molar-refractivity contribution is 0.0977. The maximum Gasteiger partial charge on any atom is 0.267 e. The number of rotatable bonds is 8. The van der Waals surface area contributed by atoms with Gasteiger partial charge in [-0.2, -0.15) is 0 Å². The summed E-state index contributed by atoms with van der Waals surface area (Å²) in [6.45, 7) is 4.38. The van der Waals surface area contributed by atoms with Crippen LogP contribution in [0.2, 0.25) is 10.0 Å². The lowest BCUT2D eigenvalue weighted by Crippen LogP contribution is -2.37. The van der Waals surface area contributed by atoms with Crippen molar-refractivity contribution in [3.8, 4) is 5.75 Å². The zero-order valence-electron chi connectivity index (χ0n) is 19.7. The van der Waals surface area contributed by atoms with Crippen molar-refractivity contribution in [2.45, 2.75) is 44.6 Å². The van der Waals surface area contributed by atoms with E-state index >= 15 is 0 Å². The van der Waals surface area contributed by atoms with Crippen molar-refractivity contribution < 1.29 is 22.3 Å². The van der Waals surface area contributed by atoms with Crippen molar-refractivity contribution >= 4 is 39.1 Å². The number of halogens is 3. The second-order valence-corrected chi connectivity index (χ2v) is 12.1. The number of amides is 1. The molecule has 190 valence electrons. The highest BCUT2D eigenvalue weighted by Crippen LogP contribution is 2.45. The second-order valence-electron chi connectivity index (χ2n) is 9.48. The molecule has 0 radical (unpaired) electrons. The maximum absolute atomic E-state index is 14.7. The van der Waals surface area contributed by atoms with Gasteiger partial charge < -0.3 is 4.74 Å². The van der Waals surface area contributed by atoms with Crippen molar-refractivity contribution in [3.05, 3.63) is 62.9 Å². The van der Waals surface area contributed by atoms with Crippen LogP contribution >= 0.6 is 23.2 Å². The molecule has 0 bridgehead atoms. The predicted octanol–water partition coefficient (Wildman–Crippen LogP) is 5.55. The maximum atomic E-state index is 14.7. The van der Waals surface area contributed by atoms with E-state index in [0.29, 0.717) is 28.3 Å². The number of carbonyl (C=O) groups excluding carboxylic acids is 1. The number of hydrogen-bond acceptors (Lipinski definition) is 5. The van der Waals surface area contributed by atoms with Gasteiger partial charge in [0.15, 0.2) is 0 Å². The number of carbonyl (C=O) groups is 1. The van der Waals surface area contributed by atoms with E-state index < -0.39 is 21.7 Å². The molecule has 0 aromatic heterocycles. The van der Waals surface area contributed by atoms with Crippen LogP contribution in [0.1, 0.15) is 66.1 Å². The van der Waals surface area contributed by atoms with Gasteiger partial charge in [-0.3, -0.25) is 9.69 Å². The Balaban J connectivity index is 1.38. The SMILES string of the molecule is CC(c1ccc(Cl)cc1Cl)N1CCC(COc2cc(F)c(C(=O)NS(C)(=O)=O)cc2C2CC2)CC1. The molecule has 1 aliphatic carbocycles. The van der Waals surface area contributed by atoms with Crippen LogP contribution in [0.15, 0.2) is 30.3 Å². The monoisotopic (exact) mass is 542 g/mol. The summed E-state index contributed by atoms with van der Waals surface area (Å²) in [5.41, 5.74) is 1.52. The summed E-state index contributed by atoms with van der Waals surface area (Å²) in [4.78, 5) is 14.6. The van der Waals surface area contributed by atoms with Gasteiger partial charge in [0.2, 0.25) is 10.0 Å². The van der Waals surface area contributed by atoms with E-state index in [-0.39, 0.29) is 17.5 Å². The first-order chi connectivity index (χ1) is 16.5. The minimum Gasteiger partial charge on any atom is -0.493 e. The molecular weight excluding hydrogens is 514 g/mol. The molecule has 2 aromatic carbocycles. The van der Waals surface area contributed by atoms with Gasteiger partial charge in [-0.1, -0.05) is 29.3 Å². The Morgan fingerprint density at radius 2 is 1.86 bits per heavy atom. The van der Waals surface area contributed by atoms with Crippen LogP contribution < -0.4 is 9.46 Å². The van der Waals surface area contributed by atoms with Gasteiger partial charge in [-0.05, 0) is 86.9 Å². The molecule has 2 fully saturated rings. The third-order valence-electron chi connectivity index (χ3n) is 6.72. The highest BCUT2D eigenvalue weighted by Gasteiger charge is 2.31. The lowest BCUT2D eigenvalue weighted by Gasteiger charge is -2.36. The first-order valence-electron chi connectivity index (χ1n) is 11.7. The average Bonchev–Trinajstić information content (AvgIpc) is 3.62. The molecule has 1 saturated carbocycles. The van der Waals surface area contributed by atoms with Crippen LogP contribution in [0.3, 0.4) is 0 Å². The minimum atomic E-state index is -3.79. The smallest absolute Gasteiger partial charge is 0.267 e. The largest absolute Gasteiger partial charge is 0.493 e. The summed E-state index contributed by atoms with van der Waals surface area (Å²) < 4.78 is 45.4. The number of ether oxygens (including phenoxy) is 1. The Morgan fingerprint density at radius 3 is 2.46 bits per heavy atom. The quantitative estimate of drug-likeness (QED) is 0.473. The van der Waals surface area contributed by atoms with Gasteiger partial charge in [0.05, 0.1) is 18.4 Å². The van der Waals surface area contributed by atoms with Crippen LogP contribution in [0.4, 0.5) is 4.39 Å². The molecule has 1 amide bonds. The van der Waals surface area contributed by atoms with E-state index in [1.54, 1.807) is 6.07 Å². The molecule has 1 aliphatic heterocycles. The van der Waals surface area contributed by atoms with Crippen LogP contribution in [0, 0.1) is 11.7 Å². The van der Waals surface area contributed by atoms with E-state index in [1.807, 2.05) is 16.9 Å². The van der Waals surface area contributed by atoms with Crippen molar-refractivity contribution in [2.24, 2.45) is 5.92 Å². The molecule has 2 aromatic rings. The van der Waals surface area contributed by atoms with E-state index in [0.717, 1.165) is 56.2 Å². The zero-order valence-corrected chi connectivity index (χ0v) is 22.0. The third-order valence-corrected chi connectivity index (χ3v) is 7.84. The number of piperidine rings is 1. The predicted molar refractivity (Wildman–Crippen MR) is 135 cm³/mol. The molecule has 1 heterocycles. The molecule has 1 N–H and O–H groups in total. The van der Waals surface area contributed by atoms with Crippen LogP contribution in [-0.2, 0) is 10.0 Å². The number of hydrogen-bond donors (Lipinski definition) is 1. The van der Waals surface area contributed by atoms with Gasteiger partial charge in [-0.15, -0.1) is 0 Å². The molecule has 6 nitrogen and oxygen atoms in total. The fourth-order valence-electron chi connectivity index (χ4n) is 4.56. The third kappa shape index (κ3) is 6.67.